The molecular formula is C13H16N2O3. The fraction of sp³-hybridized carbons (Fsp3) is 0.385. The molecule has 5 nitrogen and oxygen atoms in total. The number of carbonyl (C=O) groups is 2. The van der Waals surface area contributed by atoms with E-state index >= 15 is 0 Å². The summed E-state index contributed by atoms with van der Waals surface area (Å²) < 4.78 is 5.35. The lowest BCUT2D eigenvalue weighted by Gasteiger charge is -2.32. The van der Waals surface area contributed by atoms with E-state index in [4.69, 9.17) is 10.5 Å². The van der Waals surface area contributed by atoms with Crippen LogP contribution in [0.15, 0.2) is 18.2 Å². The van der Waals surface area contributed by atoms with Gasteiger partial charge in [-0.1, -0.05) is 0 Å². The van der Waals surface area contributed by atoms with Crippen LogP contribution in [0.5, 0.6) is 5.75 Å². The van der Waals surface area contributed by atoms with Crippen LogP contribution in [0, 0.1) is 0 Å². The molecule has 0 radical (unpaired) electrons. The molecule has 1 heterocycles. The van der Waals surface area contributed by atoms with Crippen molar-refractivity contribution in [3.05, 3.63) is 23.8 Å². The summed E-state index contributed by atoms with van der Waals surface area (Å²) in [5.74, 6) is 0.367. The van der Waals surface area contributed by atoms with Crippen molar-refractivity contribution in [2.45, 2.75) is 19.9 Å². The van der Waals surface area contributed by atoms with Gasteiger partial charge in [-0.25, -0.2) is 0 Å². The molecule has 96 valence electrons. The summed E-state index contributed by atoms with van der Waals surface area (Å²) in [4.78, 5) is 25.1. The van der Waals surface area contributed by atoms with Crippen molar-refractivity contribution < 1.29 is 14.3 Å². The van der Waals surface area contributed by atoms with Gasteiger partial charge in [0.15, 0.2) is 12.4 Å². The number of rotatable bonds is 3. The molecule has 1 aliphatic rings. The van der Waals surface area contributed by atoms with Crippen molar-refractivity contribution in [3.63, 3.8) is 0 Å². The Morgan fingerprint density at radius 1 is 1.50 bits per heavy atom. The summed E-state index contributed by atoms with van der Waals surface area (Å²) in [5, 5.41) is 0. The molecule has 0 saturated heterocycles. The molecule has 0 bridgehead atoms. The Labute approximate surface area is 106 Å². The van der Waals surface area contributed by atoms with Crippen LogP contribution in [0.3, 0.4) is 0 Å². The van der Waals surface area contributed by atoms with Gasteiger partial charge in [0.1, 0.15) is 5.75 Å². The van der Waals surface area contributed by atoms with Crippen molar-refractivity contribution >= 4 is 17.4 Å². The average molecular weight is 248 g/mol. The first-order valence-corrected chi connectivity index (χ1v) is 5.86. The fourth-order valence-electron chi connectivity index (χ4n) is 2.03. The molecule has 0 aliphatic carbocycles. The summed E-state index contributed by atoms with van der Waals surface area (Å²) in [6, 6.07) is 5.06. The van der Waals surface area contributed by atoms with Crippen LogP contribution >= 0.6 is 0 Å². The van der Waals surface area contributed by atoms with Crippen LogP contribution in [0.25, 0.3) is 0 Å². The highest BCUT2D eigenvalue weighted by Gasteiger charge is 2.28. The quantitative estimate of drug-likeness (QED) is 0.809. The topological polar surface area (TPSA) is 72.6 Å². The van der Waals surface area contributed by atoms with Crippen LogP contribution in [-0.4, -0.2) is 30.9 Å². The van der Waals surface area contributed by atoms with Crippen LogP contribution in [-0.2, 0) is 4.79 Å². The Morgan fingerprint density at radius 2 is 2.22 bits per heavy atom. The molecule has 1 aromatic carbocycles. The van der Waals surface area contributed by atoms with Gasteiger partial charge in [0.05, 0.1) is 12.2 Å². The third-order valence-corrected chi connectivity index (χ3v) is 2.86. The highest BCUT2D eigenvalue weighted by Crippen LogP contribution is 2.34. The Hall–Kier alpha value is -1.88. The standard InChI is InChI=1S/C13H16N2O3/c1-8(2)15-10-5-9(11(16)6-14)3-4-12(10)18-7-13(15)17/h3-5,8H,6-7,14H2,1-2H3. The third-order valence-electron chi connectivity index (χ3n) is 2.86. The van der Waals surface area contributed by atoms with Crippen molar-refractivity contribution in [1.82, 2.24) is 0 Å². The number of Topliss-reactive ketones (excluding diaryl/α,β-unsaturated/α-hetero) is 1. The first-order chi connectivity index (χ1) is 8.54. The molecule has 1 amide bonds. The normalized spacial score (nSPS) is 14.4. The second-order valence-corrected chi connectivity index (χ2v) is 4.46. The summed E-state index contributed by atoms with van der Waals surface area (Å²) in [6.07, 6.45) is 0. The SMILES string of the molecule is CC(C)N1C(=O)COc2ccc(C(=O)CN)cc21. The maximum Gasteiger partial charge on any atom is 0.265 e. The number of ketones is 1. The van der Waals surface area contributed by atoms with E-state index in [0.29, 0.717) is 17.0 Å². The Kier molecular flexibility index (Phi) is 3.34. The minimum absolute atomic E-state index is 0.0170. The van der Waals surface area contributed by atoms with E-state index in [1.807, 2.05) is 13.8 Å². The van der Waals surface area contributed by atoms with Gasteiger partial charge in [0, 0.05) is 11.6 Å². The van der Waals surface area contributed by atoms with Gasteiger partial charge in [-0.2, -0.15) is 0 Å². The van der Waals surface area contributed by atoms with E-state index in [0.717, 1.165) is 0 Å². The molecule has 0 unspecified atom stereocenters. The number of anilines is 1. The zero-order chi connectivity index (χ0) is 13.3. The van der Waals surface area contributed by atoms with E-state index in [2.05, 4.69) is 0 Å². The molecular weight excluding hydrogens is 232 g/mol. The van der Waals surface area contributed by atoms with Crippen LogP contribution < -0.4 is 15.4 Å². The van der Waals surface area contributed by atoms with E-state index in [1.54, 1.807) is 23.1 Å². The maximum atomic E-state index is 11.8. The predicted octanol–water partition coefficient (Wildman–Crippen LogP) is 0.962. The molecule has 0 fully saturated rings. The Morgan fingerprint density at radius 3 is 2.83 bits per heavy atom. The summed E-state index contributed by atoms with van der Waals surface area (Å²) in [6.45, 7) is 3.83. The van der Waals surface area contributed by atoms with Crippen LogP contribution in [0.4, 0.5) is 5.69 Å². The monoisotopic (exact) mass is 248 g/mol. The molecule has 0 spiro atoms. The molecule has 1 aliphatic heterocycles. The number of nitrogens with zero attached hydrogens (tertiary/aromatic N) is 1. The van der Waals surface area contributed by atoms with Crippen molar-refractivity contribution in [2.24, 2.45) is 5.73 Å². The van der Waals surface area contributed by atoms with E-state index in [9.17, 15) is 9.59 Å². The third kappa shape index (κ3) is 2.09. The molecule has 2 rings (SSSR count). The van der Waals surface area contributed by atoms with E-state index in [-0.39, 0.29) is 30.9 Å². The first kappa shape index (κ1) is 12.6. The predicted molar refractivity (Wildman–Crippen MR) is 67.9 cm³/mol. The smallest absolute Gasteiger partial charge is 0.265 e. The highest BCUT2D eigenvalue weighted by molar-refractivity contribution is 6.02. The summed E-state index contributed by atoms with van der Waals surface area (Å²) >= 11 is 0. The first-order valence-electron chi connectivity index (χ1n) is 5.86. The second kappa shape index (κ2) is 4.78. The number of ether oxygens (including phenoxy) is 1. The minimum Gasteiger partial charge on any atom is -0.482 e. The number of nitrogens with two attached hydrogens (primary N) is 1. The lowest BCUT2D eigenvalue weighted by Crippen LogP contribution is -2.43. The van der Waals surface area contributed by atoms with Gasteiger partial charge in [0.25, 0.3) is 5.91 Å². The largest absolute Gasteiger partial charge is 0.482 e. The minimum atomic E-state index is -0.153. The zero-order valence-corrected chi connectivity index (χ0v) is 10.5. The molecule has 0 atom stereocenters. The Balaban J connectivity index is 2.48. The molecule has 2 N–H and O–H groups in total. The number of fused-ring (bicyclic) bond motifs is 1. The lowest BCUT2D eigenvalue weighted by molar-refractivity contribution is -0.121. The number of benzene rings is 1. The lowest BCUT2D eigenvalue weighted by atomic mass is 10.1. The second-order valence-electron chi connectivity index (χ2n) is 4.46. The number of hydrogen-bond donors (Lipinski definition) is 1. The van der Waals surface area contributed by atoms with Gasteiger partial charge in [0.2, 0.25) is 0 Å². The highest BCUT2D eigenvalue weighted by atomic mass is 16.5. The maximum absolute atomic E-state index is 11.8. The van der Waals surface area contributed by atoms with Gasteiger partial charge in [-0.3, -0.25) is 9.59 Å². The van der Waals surface area contributed by atoms with E-state index < -0.39 is 0 Å². The summed E-state index contributed by atoms with van der Waals surface area (Å²) in [7, 11) is 0. The zero-order valence-electron chi connectivity index (χ0n) is 10.5. The van der Waals surface area contributed by atoms with E-state index in [1.165, 1.54) is 0 Å². The van der Waals surface area contributed by atoms with Crippen LogP contribution in [0.2, 0.25) is 0 Å². The summed E-state index contributed by atoms with van der Waals surface area (Å²) in [5.41, 5.74) is 6.48. The molecule has 0 aromatic heterocycles. The van der Waals surface area contributed by atoms with Gasteiger partial charge in [-0.05, 0) is 32.0 Å². The Bertz CT molecular complexity index is 497. The molecule has 1 aromatic rings. The van der Waals surface area contributed by atoms with Gasteiger partial charge >= 0.3 is 0 Å². The van der Waals surface area contributed by atoms with Crippen molar-refractivity contribution in [2.75, 3.05) is 18.1 Å². The van der Waals surface area contributed by atoms with Gasteiger partial charge < -0.3 is 15.4 Å². The number of hydrogen-bond acceptors (Lipinski definition) is 4. The van der Waals surface area contributed by atoms with Gasteiger partial charge in [-0.15, -0.1) is 0 Å². The van der Waals surface area contributed by atoms with Crippen LogP contribution in [0.1, 0.15) is 24.2 Å². The van der Waals surface area contributed by atoms with Crippen molar-refractivity contribution in [3.8, 4) is 5.75 Å². The molecule has 0 saturated carbocycles. The number of carbonyl (C=O) groups excluding carboxylic acids is 2. The number of amides is 1. The fourth-order valence-corrected chi connectivity index (χ4v) is 2.03. The average Bonchev–Trinajstić information content (AvgIpc) is 2.36. The van der Waals surface area contributed by atoms with Crippen molar-refractivity contribution in [1.29, 1.82) is 0 Å². The molecule has 18 heavy (non-hydrogen) atoms. The molecule has 5 heteroatoms.